The van der Waals surface area contributed by atoms with Crippen molar-refractivity contribution in [1.29, 1.82) is 0 Å². The minimum atomic E-state index is 0.460. The molecule has 0 saturated carbocycles. The van der Waals surface area contributed by atoms with Crippen LogP contribution in [0.2, 0.25) is 0 Å². The van der Waals surface area contributed by atoms with Gasteiger partial charge in [-0.2, -0.15) is 0 Å². The number of rotatable bonds is 5. The van der Waals surface area contributed by atoms with Crippen LogP contribution in [0.15, 0.2) is 6.33 Å². The Morgan fingerprint density at radius 3 is 2.86 bits per heavy atom. The van der Waals surface area contributed by atoms with Crippen molar-refractivity contribution in [2.45, 2.75) is 13.3 Å². The summed E-state index contributed by atoms with van der Waals surface area (Å²) in [6.45, 7) is 3.09. The Labute approximate surface area is 83.3 Å². The summed E-state index contributed by atoms with van der Waals surface area (Å²) in [4.78, 5) is 7.83. The highest BCUT2D eigenvalue weighted by atomic mass is 16.5. The number of nitrogen functional groups attached to an aromatic ring is 1. The van der Waals surface area contributed by atoms with Crippen molar-refractivity contribution in [3.63, 3.8) is 0 Å². The average molecular weight is 197 g/mol. The van der Waals surface area contributed by atoms with Gasteiger partial charge in [0.15, 0.2) is 0 Å². The molecule has 0 atom stereocenters. The summed E-state index contributed by atoms with van der Waals surface area (Å²) in [7, 11) is 1.66. The topological polar surface area (TPSA) is 70.3 Å². The van der Waals surface area contributed by atoms with Crippen LogP contribution in [0.1, 0.15) is 12.0 Å². The van der Waals surface area contributed by atoms with E-state index in [1.165, 1.54) is 6.33 Å². The molecule has 0 aliphatic rings. The predicted octanol–water partition coefficient (Wildman–Crippen LogP) is 0.783. The van der Waals surface area contributed by atoms with Crippen LogP contribution in [-0.4, -0.2) is 30.3 Å². The Morgan fingerprint density at radius 1 is 1.36 bits per heavy atom. The number of hydrogen-bond donors (Lipinski definition) is 1. The van der Waals surface area contributed by atoms with Crippen LogP contribution < -0.4 is 10.5 Å². The van der Waals surface area contributed by atoms with Crippen molar-refractivity contribution >= 4 is 5.82 Å². The molecule has 0 aromatic carbocycles. The molecule has 0 aliphatic heterocycles. The second-order valence-electron chi connectivity index (χ2n) is 2.88. The van der Waals surface area contributed by atoms with Crippen molar-refractivity contribution in [2.24, 2.45) is 0 Å². The average Bonchev–Trinajstić information content (AvgIpc) is 2.19. The number of anilines is 1. The molecule has 0 fully saturated rings. The van der Waals surface area contributed by atoms with Gasteiger partial charge in [0.25, 0.3) is 0 Å². The van der Waals surface area contributed by atoms with Crippen molar-refractivity contribution in [2.75, 3.05) is 26.1 Å². The Hall–Kier alpha value is -1.36. The molecule has 0 aliphatic carbocycles. The quantitative estimate of drug-likeness (QED) is 0.706. The fourth-order valence-corrected chi connectivity index (χ4v) is 0.964. The van der Waals surface area contributed by atoms with E-state index >= 15 is 0 Å². The van der Waals surface area contributed by atoms with E-state index in [1.54, 1.807) is 7.11 Å². The van der Waals surface area contributed by atoms with Gasteiger partial charge in [-0.1, -0.05) is 0 Å². The molecular formula is C9H15N3O2. The predicted molar refractivity (Wildman–Crippen MR) is 53.2 cm³/mol. The fourth-order valence-electron chi connectivity index (χ4n) is 0.964. The van der Waals surface area contributed by atoms with E-state index in [0.29, 0.717) is 24.9 Å². The van der Waals surface area contributed by atoms with E-state index in [9.17, 15) is 0 Å². The molecule has 0 spiro atoms. The highest BCUT2D eigenvalue weighted by Gasteiger charge is 2.04. The van der Waals surface area contributed by atoms with Crippen LogP contribution in [-0.2, 0) is 4.74 Å². The van der Waals surface area contributed by atoms with Crippen LogP contribution in [0, 0.1) is 6.92 Å². The number of methoxy groups -OCH3 is 1. The van der Waals surface area contributed by atoms with Gasteiger partial charge in [-0.15, -0.1) is 0 Å². The van der Waals surface area contributed by atoms with E-state index in [-0.39, 0.29) is 0 Å². The number of nitrogens with two attached hydrogens (primary N) is 1. The van der Waals surface area contributed by atoms with E-state index in [4.69, 9.17) is 15.2 Å². The monoisotopic (exact) mass is 197 g/mol. The van der Waals surface area contributed by atoms with Gasteiger partial charge in [0, 0.05) is 20.1 Å². The maximum Gasteiger partial charge on any atom is 0.221 e. The molecule has 0 unspecified atom stereocenters. The lowest BCUT2D eigenvalue weighted by molar-refractivity contribution is 0.170. The highest BCUT2D eigenvalue weighted by molar-refractivity contribution is 5.42. The lowest BCUT2D eigenvalue weighted by Crippen LogP contribution is -2.05. The molecular weight excluding hydrogens is 182 g/mol. The minimum absolute atomic E-state index is 0.460. The summed E-state index contributed by atoms with van der Waals surface area (Å²) in [5.74, 6) is 1.01. The molecule has 14 heavy (non-hydrogen) atoms. The van der Waals surface area contributed by atoms with Gasteiger partial charge in [-0.25, -0.2) is 9.97 Å². The maximum atomic E-state index is 5.60. The first kappa shape index (κ1) is 10.7. The maximum absolute atomic E-state index is 5.60. The van der Waals surface area contributed by atoms with Gasteiger partial charge in [-0.05, 0) is 6.92 Å². The van der Waals surface area contributed by atoms with Gasteiger partial charge >= 0.3 is 0 Å². The minimum Gasteiger partial charge on any atom is -0.477 e. The van der Waals surface area contributed by atoms with Gasteiger partial charge in [0.2, 0.25) is 5.88 Å². The molecule has 5 heteroatoms. The van der Waals surface area contributed by atoms with E-state index in [2.05, 4.69) is 9.97 Å². The lowest BCUT2D eigenvalue weighted by atomic mass is 10.3. The Kier molecular flexibility index (Phi) is 4.12. The number of aromatic nitrogens is 2. The lowest BCUT2D eigenvalue weighted by Gasteiger charge is -2.07. The van der Waals surface area contributed by atoms with Crippen LogP contribution in [0.25, 0.3) is 0 Å². The van der Waals surface area contributed by atoms with Gasteiger partial charge < -0.3 is 15.2 Å². The fraction of sp³-hybridized carbons (Fsp3) is 0.556. The van der Waals surface area contributed by atoms with Gasteiger partial charge in [0.1, 0.15) is 12.1 Å². The molecule has 78 valence electrons. The number of nitrogens with zero attached hydrogens (tertiary/aromatic N) is 2. The highest BCUT2D eigenvalue weighted by Crippen LogP contribution is 2.17. The summed E-state index contributed by atoms with van der Waals surface area (Å²) in [6.07, 6.45) is 2.23. The third kappa shape index (κ3) is 2.85. The van der Waals surface area contributed by atoms with Gasteiger partial charge in [0.05, 0.1) is 12.2 Å². The van der Waals surface area contributed by atoms with E-state index in [0.717, 1.165) is 12.0 Å². The van der Waals surface area contributed by atoms with Crippen molar-refractivity contribution in [3.8, 4) is 5.88 Å². The first-order valence-corrected chi connectivity index (χ1v) is 4.44. The SMILES string of the molecule is COCCCOc1ncnc(N)c1C. The number of hydrogen-bond acceptors (Lipinski definition) is 5. The molecule has 1 rings (SSSR count). The summed E-state index contributed by atoms with van der Waals surface area (Å²) >= 11 is 0. The molecule has 0 saturated heterocycles. The first-order valence-electron chi connectivity index (χ1n) is 4.44. The largest absolute Gasteiger partial charge is 0.477 e. The molecule has 5 nitrogen and oxygen atoms in total. The first-order chi connectivity index (χ1) is 6.75. The molecule has 0 amide bonds. The normalized spacial score (nSPS) is 10.1. The smallest absolute Gasteiger partial charge is 0.221 e. The van der Waals surface area contributed by atoms with Crippen LogP contribution in [0.5, 0.6) is 5.88 Å². The number of ether oxygens (including phenoxy) is 2. The second-order valence-corrected chi connectivity index (χ2v) is 2.88. The van der Waals surface area contributed by atoms with E-state index < -0.39 is 0 Å². The van der Waals surface area contributed by atoms with E-state index in [1.807, 2.05) is 6.92 Å². The van der Waals surface area contributed by atoms with Crippen LogP contribution in [0.4, 0.5) is 5.82 Å². The molecule has 0 bridgehead atoms. The summed E-state index contributed by atoms with van der Waals surface area (Å²) in [6, 6.07) is 0. The second kappa shape index (κ2) is 5.39. The summed E-state index contributed by atoms with van der Waals surface area (Å²) in [5.41, 5.74) is 6.38. The zero-order valence-electron chi connectivity index (χ0n) is 8.49. The molecule has 2 N–H and O–H groups in total. The molecule has 1 aromatic rings. The zero-order valence-corrected chi connectivity index (χ0v) is 8.49. The third-order valence-electron chi connectivity index (χ3n) is 1.81. The van der Waals surface area contributed by atoms with Gasteiger partial charge in [-0.3, -0.25) is 0 Å². The summed E-state index contributed by atoms with van der Waals surface area (Å²) in [5, 5.41) is 0. The van der Waals surface area contributed by atoms with Crippen LogP contribution in [0.3, 0.4) is 0 Å². The zero-order chi connectivity index (χ0) is 10.4. The molecule has 1 heterocycles. The third-order valence-corrected chi connectivity index (χ3v) is 1.81. The molecule has 0 radical (unpaired) electrons. The van der Waals surface area contributed by atoms with Crippen molar-refractivity contribution in [1.82, 2.24) is 9.97 Å². The molecule has 1 aromatic heterocycles. The Morgan fingerprint density at radius 2 is 2.14 bits per heavy atom. The Bertz CT molecular complexity index is 291. The standard InChI is InChI=1S/C9H15N3O2/c1-7-8(10)11-6-12-9(7)14-5-3-4-13-2/h6H,3-5H2,1-2H3,(H2,10,11,12). The Balaban J connectivity index is 2.46. The summed E-state index contributed by atoms with van der Waals surface area (Å²) < 4.78 is 10.3. The van der Waals surface area contributed by atoms with Crippen molar-refractivity contribution in [3.05, 3.63) is 11.9 Å². The van der Waals surface area contributed by atoms with Crippen LogP contribution >= 0.6 is 0 Å². The van der Waals surface area contributed by atoms with Crippen molar-refractivity contribution < 1.29 is 9.47 Å².